The van der Waals surface area contributed by atoms with E-state index in [0.29, 0.717) is 11.3 Å². The number of carbonyl (C=O) groups excluding carboxylic acids is 1. The molecule has 1 rings (SSSR count). The minimum Gasteiger partial charge on any atom is -0.494 e. The molecule has 3 N–H and O–H groups in total. The predicted molar refractivity (Wildman–Crippen MR) is 64.5 cm³/mol. The highest BCUT2D eigenvalue weighted by Gasteiger charge is 2.15. The highest BCUT2D eigenvalue weighted by atomic mass is 32.1. The number of thiocarbonyl (C=S) groups is 1. The topological polar surface area (TPSA) is 77.2 Å². The summed E-state index contributed by atoms with van der Waals surface area (Å²) in [7, 11) is 1.48. The van der Waals surface area contributed by atoms with Crippen LogP contribution in [-0.4, -0.2) is 29.0 Å². The summed E-state index contributed by atoms with van der Waals surface area (Å²) in [6.07, 6.45) is 2.99. The van der Waals surface area contributed by atoms with Crippen LogP contribution in [0.4, 0.5) is 0 Å². The van der Waals surface area contributed by atoms with E-state index in [1.54, 1.807) is 13.0 Å². The number of nitrogens with two attached hydrogens (primary N) is 1. The van der Waals surface area contributed by atoms with Gasteiger partial charge in [-0.2, -0.15) is 0 Å². The first-order chi connectivity index (χ1) is 7.56. The smallest absolute Gasteiger partial charge is 0.255 e. The van der Waals surface area contributed by atoms with Crippen molar-refractivity contribution in [3.63, 3.8) is 0 Å². The lowest BCUT2D eigenvalue weighted by atomic mass is 10.2. The molecule has 1 unspecified atom stereocenters. The number of nitrogens with zero attached hydrogens (tertiary/aromatic N) is 1. The first-order valence-electron chi connectivity index (χ1n) is 4.64. The third kappa shape index (κ3) is 2.90. The molecule has 1 heterocycles. The summed E-state index contributed by atoms with van der Waals surface area (Å²) >= 11 is 4.77. The molecule has 1 amide bonds. The molecule has 1 atom stereocenters. The summed E-state index contributed by atoms with van der Waals surface area (Å²) < 4.78 is 5.02. The molecule has 16 heavy (non-hydrogen) atoms. The van der Waals surface area contributed by atoms with Gasteiger partial charge in [-0.15, -0.1) is 0 Å². The van der Waals surface area contributed by atoms with E-state index in [1.165, 1.54) is 19.5 Å². The van der Waals surface area contributed by atoms with E-state index in [1.807, 2.05) is 0 Å². The van der Waals surface area contributed by atoms with E-state index in [9.17, 15) is 4.79 Å². The summed E-state index contributed by atoms with van der Waals surface area (Å²) in [6, 6.07) is 1.21. The highest BCUT2D eigenvalue weighted by molar-refractivity contribution is 7.80. The van der Waals surface area contributed by atoms with Crippen LogP contribution in [-0.2, 0) is 0 Å². The average molecular weight is 239 g/mol. The molecule has 1 aromatic rings. The second-order valence-corrected chi connectivity index (χ2v) is 3.64. The van der Waals surface area contributed by atoms with Crippen molar-refractivity contribution in [1.82, 2.24) is 10.3 Å². The molecule has 0 aliphatic heterocycles. The maximum atomic E-state index is 11.8. The monoisotopic (exact) mass is 239 g/mol. The van der Waals surface area contributed by atoms with E-state index in [0.717, 1.165) is 0 Å². The average Bonchev–Trinajstić information content (AvgIpc) is 2.28. The molecule has 0 radical (unpaired) electrons. The Labute approximate surface area is 99.0 Å². The third-order valence-corrected chi connectivity index (χ3v) is 2.38. The molecule has 0 aliphatic rings. The number of pyridine rings is 1. The van der Waals surface area contributed by atoms with Crippen molar-refractivity contribution in [1.29, 1.82) is 0 Å². The maximum Gasteiger partial charge on any atom is 0.255 e. The summed E-state index contributed by atoms with van der Waals surface area (Å²) in [5.74, 6) is 0.120. The van der Waals surface area contributed by atoms with Crippen molar-refractivity contribution in [2.24, 2.45) is 5.73 Å². The fourth-order valence-corrected chi connectivity index (χ4v) is 1.13. The molecule has 5 nitrogen and oxygen atoms in total. The normalized spacial score (nSPS) is 11.6. The van der Waals surface area contributed by atoms with Crippen molar-refractivity contribution in [2.75, 3.05) is 7.11 Å². The van der Waals surface area contributed by atoms with Crippen LogP contribution in [0.15, 0.2) is 18.5 Å². The van der Waals surface area contributed by atoms with Crippen molar-refractivity contribution in [2.45, 2.75) is 13.0 Å². The van der Waals surface area contributed by atoms with E-state index in [2.05, 4.69) is 10.3 Å². The molecule has 0 saturated carbocycles. The Morgan fingerprint density at radius 2 is 2.38 bits per heavy atom. The van der Waals surface area contributed by atoms with E-state index in [-0.39, 0.29) is 16.9 Å². The van der Waals surface area contributed by atoms with Crippen LogP contribution >= 0.6 is 12.2 Å². The quantitative estimate of drug-likeness (QED) is 0.748. The second kappa shape index (κ2) is 5.41. The van der Waals surface area contributed by atoms with Gasteiger partial charge in [-0.3, -0.25) is 9.78 Å². The van der Waals surface area contributed by atoms with Gasteiger partial charge in [0.25, 0.3) is 5.91 Å². The Bertz CT molecular complexity index is 409. The van der Waals surface area contributed by atoms with Crippen LogP contribution in [0, 0.1) is 0 Å². The van der Waals surface area contributed by atoms with Crippen LogP contribution in [0.1, 0.15) is 17.3 Å². The molecule has 6 heteroatoms. The summed E-state index contributed by atoms with van der Waals surface area (Å²) in [4.78, 5) is 15.9. The highest BCUT2D eigenvalue weighted by Crippen LogP contribution is 2.15. The standard InChI is InChI=1S/C10H13N3O2S/c1-6(9(11)16)13-10(14)7-3-4-12-5-8(7)15-2/h3-6H,1-2H3,(H2,11,16)(H,13,14). The number of aromatic nitrogens is 1. The number of nitrogens with one attached hydrogen (secondary N) is 1. The third-order valence-electron chi connectivity index (χ3n) is 2.02. The van der Waals surface area contributed by atoms with Gasteiger partial charge in [-0.25, -0.2) is 0 Å². The van der Waals surface area contributed by atoms with Gasteiger partial charge in [0.05, 0.1) is 29.9 Å². The first-order valence-corrected chi connectivity index (χ1v) is 5.05. The van der Waals surface area contributed by atoms with Crippen LogP contribution in [0.3, 0.4) is 0 Å². The second-order valence-electron chi connectivity index (χ2n) is 3.17. The van der Waals surface area contributed by atoms with Gasteiger partial charge < -0.3 is 15.8 Å². The van der Waals surface area contributed by atoms with Gasteiger partial charge >= 0.3 is 0 Å². The Hall–Kier alpha value is -1.69. The molecule has 0 aromatic carbocycles. The molecule has 0 fully saturated rings. The van der Waals surface area contributed by atoms with Crippen molar-refractivity contribution < 1.29 is 9.53 Å². The number of rotatable bonds is 4. The minimum absolute atomic E-state index is 0.237. The van der Waals surface area contributed by atoms with Crippen molar-refractivity contribution in [3.8, 4) is 5.75 Å². The van der Waals surface area contributed by atoms with Crippen LogP contribution < -0.4 is 15.8 Å². The Balaban J connectivity index is 2.84. The molecule has 0 bridgehead atoms. The van der Waals surface area contributed by atoms with Gasteiger partial charge in [0.15, 0.2) is 0 Å². The molecule has 1 aromatic heterocycles. The van der Waals surface area contributed by atoms with Gasteiger partial charge in [0.2, 0.25) is 0 Å². The Morgan fingerprint density at radius 3 is 2.94 bits per heavy atom. The maximum absolute atomic E-state index is 11.8. The molecule has 0 spiro atoms. The zero-order chi connectivity index (χ0) is 12.1. The number of carbonyl (C=O) groups is 1. The largest absolute Gasteiger partial charge is 0.494 e. The number of hydrogen-bond acceptors (Lipinski definition) is 4. The lowest BCUT2D eigenvalue weighted by molar-refractivity contribution is 0.0946. The molecular formula is C10H13N3O2S. The number of hydrogen-bond donors (Lipinski definition) is 2. The zero-order valence-electron chi connectivity index (χ0n) is 9.06. The van der Waals surface area contributed by atoms with Crippen molar-refractivity contribution in [3.05, 3.63) is 24.0 Å². The van der Waals surface area contributed by atoms with Crippen LogP contribution in [0.5, 0.6) is 5.75 Å². The van der Waals surface area contributed by atoms with Crippen LogP contribution in [0.2, 0.25) is 0 Å². The Kier molecular flexibility index (Phi) is 4.19. The molecule has 0 saturated heterocycles. The zero-order valence-corrected chi connectivity index (χ0v) is 9.88. The number of methoxy groups -OCH3 is 1. The van der Waals surface area contributed by atoms with Gasteiger partial charge in [0.1, 0.15) is 5.75 Å². The summed E-state index contributed by atoms with van der Waals surface area (Å²) in [6.45, 7) is 1.72. The van der Waals surface area contributed by atoms with Gasteiger partial charge in [-0.1, -0.05) is 12.2 Å². The fourth-order valence-electron chi connectivity index (χ4n) is 1.08. The lowest BCUT2D eigenvalue weighted by Crippen LogP contribution is -2.41. The summed E-state index contributed by atoms with van der Waals surface area (Å²) in [5.41, 5.74) is 5.81. The number of amides is 1. The fraction of sp³-hybridized carbons (Fsp3) is 0.300. The molecule has 0 aliphatic carbocycles. The van der Waals surface area contributed by atoms with Crippen LogP contribution in [0.25, 0.3) is 0 Å². The van der Waals surface area contributed by atoms with E-state index >= 15 is 0 Å². The predicted octanol–water partition coefficient (Wildman–Crippen LogP) is 0.495. The van der Waals surface area contributed by atoms with E-state index < -0.39 is 0 Å². The van der Waals surface area contributed by atoms with E-state index in [4.69, 9.17) is 22.7 Å². The van der Waals surface area contributed by atoms with Crippen molar-refractivity contribution >= 4 is 23.1 Å². The van der Waals surface area contributed by atoms with Gasteiger partial charge in [0, 0.05) is 6.20 Å². The molecule has 86 valence electrons. The number of ether oxygens (including phenoxy) is 1. The van der Waals surface area contributed by atoms with Gasteiger partial charge in [-0.05, 0) is 13.0 Å². The Morgan fingerprint density at radius 1 is 1.69 bits per heavy atom. The molecular weight excluding hydrogens is 226 g/mol. The minimum atomic E-state index is -0.361. The lowest BCUT2D eigenvalue weighted by Gasteiger charge is -2.13. The SMILES string of the molecule is COc1cnccc1C(=O)NC(C)C(N)=S. The first kappa shape index (κ1) is 12.4. The summed E-state index contributed by atoms with van der Waals surface area (Å²) in [5, 5.41) is 2.66.